The second kappa shape index (κ2) is 5.44. The first kappa shape index (κ1) is 13.4. The van der Waals surface area contributed by atoms with Gasteiger partial charge in [0.1, 0.15) is 0 Å². The monoisotopic (exact) mass is 311 g/mol. The molecule has 0 heterocycles. The molecule has 0 rings (SSSR count). The van der Waals surface area contributed by atoms with Gasteiger partial charge in [0.15, 0.2) is 0 Å². The minimum atomic E-state index is -0.551. The van der Waals surface area contributed by atoms with Gasteiger partial charge in [-0.1, -0.05) is 6.92 Å². The van der Waals surface area contributed by atoms with Gasteiger partial charge < -0.3 is 10.0 Å². The van der Waals surface area contributed by atoms with Gasteiger partial charge in [-0.2, -0.15) is 0 Å². The molecule has 0 radical (unpaired) electrons. The van der Waals surface area contributed by atoms with Crippen LogP contribution < -0.4 is 0 Å². The molecule has 0 aromatic heterocycles. The molecule has 0 aliphatic rings. The van der Waals surface area contributed by atoms with E-state index in [9.17, 15) is 5.11 Å². The Morgan fingerprint density at radius 3 is 1.90 bits per heavy atom. The minimum absolute atomic E-state index is 0. The van der Waals surface area contributed by atoms with Crippen molar-refractivity contribution in [1.29, 1.82) is 0 Å². The second-order valence-electron chi connectivity index (χ2n) is 3.14. The average molecular weight is 310 g/mol. The van der Waals surface area contributed by atoms with Crippen LogP contribution in [0.3, 0.4) is 0 Å². The average Bonchev–Trinajstić information content (AvgIpc) is 1.62. The van der Waals surface area contributed by atoms with Gasteiger partial charge in [0.25, 0.3) is 0 Å². The zero-order chi connectivity index (χ0) is 7.49. The Morgan fingerprint density at radius 1 is 1.40 bits per heavy atom. The molecule has 0 saturated heterocycles. The zero-order valence-electron chi connectivity index (χ0n) is 7.31. The van der Waals surface area contributed by atoms with Crippen molar-refractivity contribution in [3.8, 4) is 0 Å². The van der Waals surface area contributed by atoms with E-state index >= 15 is 0 Å². The second-order valence-corrected chi connectivity index (χ2v) is 3.14. The van der Waals surface area contributed by atoms with E-state index in [4.69, 9.17) is 0 Å². The maximum atomic E-state index is 9.28. The normalized spacial score (nSPS) is 11.4. The molecule has 1 N–H and O–H groups in total. The maximum absolute atomic E-state index is 9.28. The van der Waals surface area contributed by atoms with E-state index < -0.39 is 5.60 Å². The Kier molecular flexibility index (Phi) is 7.28. The van der Waals surface area contributed by atoms with Gasteiger partial charge in [-0.3, -0.25) is 0 Å². The van der Waals surface area contributed by atoms with Crippen LogP contribution in [0.15, 0.2) is 0 Å². The predicted molar refractivity (Wildman–Crippen MR) is 39.5 cm³/mol. The summed E-state index contributed by atoms with van der Waals surface area (Å²) in [5, 5.41) is 9.28. The molecular formula is C7H17HfNO. The fraction of sp³-hybridized carbons (Fsp3) is 1.00. The smallest absolute Gasteiger partial charge is 0.0718 e. The molecule has 0 atom stereocenters. The van der Waals surface area contributed by atoms with Gasteiger partial charge in [0.05, 0.1) is 5.60 Å². The van der Waals surface area contributed by atoms with Crippen LogP contribution in [0.1, 0.15) is 20.8 Å². The number of likely N-dealkylation sites (N-methyl/N-ethyl adjacent to an activating group) is 1. The Labute approximate surface area is 82.4 Å². The van der Waals surface area contributed by atoms with Crippen molar-refractivity contribution in [1.82, 2.24) is 4.90 Å². The molecule has 0 unspecified atom stereocenters. The third-order valence-electron chi connectivity index (χ3n) is 1.20. The molecule has 0 aromatic rings. The van der Waals surface area contributed by atoms with Crippen LogP contribution in [-0.4, -0.2) is 35.7 Å². The van der Waals surface area contributed by atoms with Crippen LogP contribution in [0.2, 0.25) is 0 Å². The summed E-state index contributed by atoms with van der Waals surface area (Å²) >= 11 is 0. The van der Waals surface area contributed by atoms with Crippen molar-refractivity contribution >= 4 is 0 Å². The summed E-state index contributed by atoms with van der Waals surface area (Å²) < 4.78 is 0. The quantitative estimate of drug-likeness (QED) is 0.776. The summed E-state index contributed by atoms with van der Waals surface area (Å²) in [6.07, 6.45) is 0. The first-order valence-electron chi connectivity index (χ1n) is 3.36. The summed E-state index contributed by atoms with van der Waals surface area (Å²) in [5.74, 6) is 0. The van der Waals surface area contributed by atoms with E-state index in [0.29, 0.717) is 0 Å². The summed E-state index contributed by atoms with van der Waals surface area (Å²) in [5.41, 5.74) is -0.551. The molecule has 2 nitrogen and oxygen atoms in total. The fourth-order valence-electron chi connectivity index (χ4n) is 0.772. The van der Waals surface area contributed by atoms with Crippen LogP contribution in [-0.2, 0) is 25.8 Å². The minimum Gasteiger partial charge on any atom is -0.389 e. The summed E-state index contributed by atoms with van der Waals surface area (Å²) in [4.78, 5) is 2.08. The zero-order valence-corrected chi connectivity index (χ0v) is 10.9. The van der Waals surface area contributed by atoms with Gasteiger partial charge in [0.2, 0.25) is 0 Å². The molecule has 3 heteroatoms. The van der Waals surface area contributed by atoms with Gasteiger partial charge in [0, 0.05) is 32.4 Å². The van der Waals surface area contributed by atoms with E-state index in [1.807, 2.05) is 20.9 Å². The van der Waals surface area contributed by atoms with E-state index in [2.05, 4.69) is 11.8 Å². The molecule has 60 valence electrons. The first-order valence-corrected chi connectivity index (χ1v) is 3.36. The molecule has 0 spiro atoms. The van der Waals surface area contributed by atoms with Gasteiger partial charge >= 0.3 is 0 Å². The van der Waals surface area contributed by atoms with Crippen LogP contribution in [0.25, 0.3) is 0 Å². The first-order chi connectivity index (χ1) is 3.95. The van der Waals surface area contributed by atoms with Crippen LogP contribution in [0.4, 0.5) is 0 Å². The Morgan fingerprint density at radius 2 is 1.80 bits per heavy atom. The molecule has 10 heavy (non-hydrogen) atoms. The number of hydrogen-bond donors (Lipinski definition) is 1. The van der Waals surface area contributed by atoms with Gasteiger partial charge in [-0.25, -0.2) is 0 Å². The molecule has 0 amide bonds. The number of nitrogens with zero attached hydrogens (tertiary/aromatic N) is 1. The van der Waals surface area contributed by atoms with Crippen molar-refractivity contribution in [3.05, 3.63) is 0 Å². The van der Waals surface area contributed by atoms with Crippen LogP contribution in [0, 0.1) is 0 Å². The fourth-order valence-corrected chi connectivity index (χ4v) is 0.772. The summed E-state index contributed by atoms with van der Waals surface area (Å²) in [7, 11) is 2.00. The van der Waals surface area contributed by atoms with Gasteiger partial charge in [-0.15, -0.1) is 0 Å². The molecular weight excluding hydrogens is 293 g/mol. The Balaban J connectivity index is 0. The van der Waals surface area contributed by atoms with E-state index in [1.165, 1.54) is 0 Å². The van der Waals surface area contributed by atoms with Crippen LogP contribution >= 0.6 is 0 Å². The molecule has 0 saturated carbocycles. The van der Waals surface area contributed by atoms with E-state index in [0.717, 1.165) is 13.1 Å². The number of aliphatic hydroxyl groups is 1. The summed E-state index contributed by atoms with van der Waals surface area (Å²) in [6, 6.07) is 0. The van der Waals surface area contributed by atoms with E-state index in [1.54, 1.807) is 0 Å². The van der Waals surface area contributed by atoms with Crippen LogP contribution in [0.5, 0.6) is 0 Å². The standard InChI is InChI=1S/C7H17NO.Hf/c1-5-8(4)6-7(2,3)9;/h9H,5-6H2,1-4H3;. The Bertz CT molecular complexity index is 80.2. The molecule has 0 aliphatic heterocycles. The molecule has 0 fully saturated rings. The SMILES string of the molecule is CCN(C)CC(C)(C)O.[Hf]. The third-order valence-corrected chi connectivity index (χ3v) is 1.20. The van der Waals surface area contributed by atoms with E-state index in [-0.39, 0.29) is 25.8 Å². The van der Waals surface area contributed by atoms with Gasteiger partial charge in [-0.05, 0) is 27.4 Å². The third kappa shape index (κ3) is 8.79. The maximum Gasteiger partial charge on any atom is 0.0718 e. The number of hydrogen-bond acceptors (Lipinski definition) is 2. The largest absolute Gasteiger partial charge is 0.389 e. The topological polar surface area (TPSA) is 23.5 Å². The number of rotatable bonds is 3. The van der Waals surface area contributed by atoms with Crippen molar-refractivity contribution in [3.63, 3.8) is 0 Å². The molecule has 0 aromatic carbocycles. The van der Waals surface area contributed by atoms with Crippen molar-refractivity contribution < 1.29 is 30.9 Å². The predicted octanol–water partition coefficient (Wildman–Crippen LogP) is 0.707. The molecule has 0 aliphatic carbocycles. The summed E-state index contributed by atoms with van der Waals surface area (Å²) in [6.45, 7) is 7.44. The van der Waals surface area contributed by atoms with Crippen molar-refractivity contribution in [2.24, 2.45) is 0 Å². The molecule has 0 bridgehead atoms. The van der Waals surface area contributed by atoms with Crippen molar-refractivity contribution in [2.75, 3.05) is 20.1 Å². The Hall–Kier alpha value is 0.790. The van der Waals surface area contributed by atoms with Crippen molar-refractivity contribution in [2.45, 2.75) is 26.4 Å².